The lowest BCUT2D eigenvalue weighted by atomic mass is 10.2. The van der Waals surface area contributed by atoms with Crippen molar-refractivity contribution in [1.29, 1.82) is 0 Å². The molecular formula is C13H20BrNO. The van der Waals surface area contributed by atoms with Crippen molar-refractivity contribution in [2.75, 3.05) is 20.2 Å². The van der Waals surface area contributed by atoms with Crippen LogP contribution in [0.4, 0.5) is 0 Å². The molecule has 0 saturated heterocycles. The van der Waals surface area contributed by atoms with E-state index < -0.39 is 0 Å². The molecule has 0 saturated carbocycles. The van der Waals surface area contributed by atoms with E-state index in [0.29, 0.717) is 6.10 Å². The Morgan fingerprint density at radius 2 is 1.88 bits per heavy atom. The first-order chi connectivity index (χ1) is 7.58. The summed E-state index contributed by atoms with van der Waals surface area (Å²) in [6, 6.07) is 8.44. The quantitative estimate of drug-likeness (QED) is 0.795. The summed E-state index contributed by atoms with van der Waals surface area (Å²) >= 11 is 3.44. The van der Waals surface area contributed by atoms with Crippen molar-refractivity contribution in [1.82, 2.24) is 4.90 Å². The molecule has 0 bridgehead atoms. The van der Waals surface area contributed by atoms with E-state index in [1.807, 2.05) is 0 Å². The molecule has 90 valence electrons. The van der Waals surface area contributed by atoms with Gasteiger partial charge in [-0.1, -0.05) is 28.1 Å². The van der Waals surface area contributed by atoms with Crippen LogP contribution in [0.3, 0.4) is 0 Å². The first kappa shape index (κ1) is 13.7. The zero-order chi connectivity index (χ0) is 12.0. The molecule has 1 rings (SSSR count). The minimum Gasteiger partial charge on any atom is -0.377 e. The smallest absolute Gasteiger partial charge is 0.0596 e. The second kappa shape index (κ2) is 7.05. The fraction of sp³-hybridized carbons (Fsp3) is 0.538. The van der Waals surface area contributed by atoms with Gasteiger partial charge in [0, 0.05) is 17.6 Å². The minimum absolute atomic E-state index is 0.320. The molecule has 0 aromatic heterocycles. The number of benzene rings is 1. The van der Waals surface area contributed by atoms with Crippen molar-refractivity contribution in [2.24, 2.45) is 0 Å². The van der Waals surface area contributed by atoms with Gasteiger partial charge in [0.1, 0.15) is 0 Å². The number of ether oxygens (including phenoxy) is 1. The van der Waals surface area contributed by atoms with E-state index in [4.69, 9.17) is 4.74 Å². The van der Waals surface area contributed by atoms with Gasteiger partial charge in [-0.2, -0.15) is 0 Å². The summed E-state index contributed by atoms with van der Waals surface area (Å²) in [6.07, 6.45) is 0.320. The molecule has 0 aliphatic rings. The summed E-state index contributed by atoms with van der Waals surface area (Å²) in [5.41, 5.74) is 1.33. The van der Waals surface area contributed by atoms with Crippen LogP contribution in [0.1, 0.15) is 19.4 Å². The maximum atomic E-state index is 5.52. The van der Waals surface area contributed by atoms with Gasteiger partial charge in [0.15, 0.2) is 0 Å². The van der Waals surface area contributed by atoms with Gasteiger partial charge in [-0.25, -0.2) is 0 Å². The van der Waals surface area contributed by atoms with E-state index in [1.165, 1.54) is 5.56 Å². The van der Waals surface area contributed by atoms with Crippen LogP contribution in [0, 0.1) is 0 Å². The molecule has 0 spiro atoms. The predicted molar refractivity (Wildman–Crippen MR) is 71.6 cm³/mol. The van der Waals surface area contributed by atoms with E-state index >= 15 is 0 Å². The molecule has 16 heavy (non-hydrogen) atoms. The maximum absolute atomic E-state index is 5.52. The normalized spacial score (nSPS) is 11.4. The summed E-state index contributed by atoms with van der Waals surface area (Å²) in [4.78, 5) is 2.27. The minimum atomic E-state index is 0.320. The van der Waals surface area contributed by atoms with Crippen molar-refractivity contribution in [3.8, 4) is 0 Å². The highest BCUT2D eigenvalue weighted by atomic mass is 79.9. The monoisotopic (exact) mass is 285 g/mol. The Morgan fingerprint density at radius 3 is 2.44 bits per heavy atom. The van der Waals surface area contributed by atoms with Gasteiger partial charge < -0.3 is 4.74 Å². The second-order valence-electron chi connectivity index (χ2n) is 4.28. The van der Waals surface area contributed by atoms with Gasteiger partial charge in [0.2, 0.25) is 0 Å². The van der Waals surface area contributed by atoms with Crippen molar-refractivity contribution in [3.05, 3.63) is 34.3 Å². The van der Waals surface area contributed by atoms with E-state index in [2.05, 4.69) is 66.0 Å². The first-order valence-electron chi connectivity index (χ1n) is 5.62. The molecule has 2 nitrogen and oxygen atoms in total. The molecule has 0 heterocycles. The van der Waals surface area contributed by atoms with E-state index in [9.17, 15) is 0 Å². The van der Waals surface area contributed by atoms with Crippen LogP contribution < -0.4 is 0 Å². The van der Waals surface area contributed by atoms with Crippen LogP contribution in [0.5, 0.6) is 0 Å². The molecule has 0 fully saturated rings. The molecule has 0 amide bonds. The molecule has 1 aromatic rings. The highest BCUT2D eigenvalue weighted by Crippen LogP contribution is 2.11. The van der Waals surface area contributed by atoms with Gasteiger partial charge in [0.05, 0.1) is 12.7 Å². The second-order valence-corrected chi connectivity index (χ2v) is 5.20. The molecule has 0 aliphatic carbocycles. The van der Waals surface area contributed by atoms with Crippen LogP contribution in [0.25, 0.3) is 0 Å². The SMILES string of the molecule is CC(C)OCCN(C)Cc1ccc(Br)cc1. The number of likely N-dealkylation sites (N-methyl/N-ethyl adjacent to an activating group) is 1. The highest BCUT2D eigenvalue weighted by molar-refractivity contribution is 9.10. The predicted octanol–water partition coefficient (Wildman–Crippen LogP) is 3.31. The summed E-state index contributed by atoms with van der Waals surface area (Å²) < 4.78 is 6.65. The molecule has 3 heteroatoms. The Bertz CT molecular complexity index is 297. The molecule has 0 unspecified atom stereocenters. The van der Waals surface area contributed by atoms with Gasteiger partial charge >= 0.3 is 0 Å². The van der Waals surface area contributed by atoms with Gasteiger partial charge in [-0.05, 0) is 38.6 Å². The van der Waals surface area contributed by atoms with E-state index in [-0.39, 0.29) is 0 Å². The Hall–Kier alpha value is -0.380. The Kier molecular flexibility index (Phi) is 6.03. The molecule has 0 aliphatic heterocycles. The zero-order valence-electron chi connectivity index (χ0n) is 10.2. The van der Waals surface area contributed by atoms with Crippen molar-refractivity contribution < 1.29 is 4.74 Å². The Balaban J connectivity index is 2.28. The number of halogens is 1. The lowest BCUT2D eigenvalue weighted by Crippen LogP contribution is -2.23. The average molecular weight is 286 g/mol. The van der Waals surface area contributed by atoms with Gasteiger partial charge in [-0.15, -0.1) is 0 Å². The fourth-order valence-corrected chi connectivity index (χ4v) is 1.69. The molecule has 0 radical (unpaired) electrons. The number of hydrogen-bond donors (Lipinski definition) is 0. The van der Waals surface area contributed by atoms with Crippen molar-refractivity contribution >= 4 is 15.9 Å². The summed E-state index contributed by atoms with van der Waals surface area (Å²) in [6.45, 7) is 6.86. The molecular weight excluding hydrogens is 266 g/mol. The van der Waals surface area contributed by atoms with E-state index in [1.54, 1.807) is 0 Å². The van der Waals surface area contributed by atoms with Crippen LogP contribution in [-0.4, -0.2) is 31.2 Å². The maximum Gasteiger partial charge on any atom is 0.0596 e. The lowest BCUT2D eigenvalue weighted by molar-refractivity contribution is 0.0627. The highest BCUT2D eigenvalue weighted by Gasteiger charge is 2.01. The Labute approximate surface area is 107 Å². The third kappa shape index (κ3) is 5.64. The third-order valence-corrected chi connectivity index (χ3v) is 2.82. The lowest BCUT2D eigenvalue weighted by Gasteiger charge is -2.17. The summed E-state index contributed by atoms with van der Waals surface area (Å²) in [7, 11) is 2.12. The first-order valence-corrected chi connectivity index (χ1v) is 6.42. The number of hydrogen-bond acceptors (Lipinski definition) is 2. The van der Waals surface area contributed by atoms with Gasteiger partial charge in [-0.3, -0.25) is 4.90 Å². The topological polar surface area (TPSA) is 12.5 Å². The fourth-order valence-electron chi connectivity index (χ4n) is 1.42. The van der Waals surface area contributed by atoms with Gasteiger partial charge in [0.25, 0.3) is 0 Å². The number of rotatable bonds is 6. The van der Waals surface area contributed by atoms with Crippen molar-refractivity contribution in [3.63, 3.8) is 0 Å². The largest absolute Gasteiger partial charge is 0.377 e. The summed E-state index contributed by atoms with van der Waals surface area (Å²) in [5, 5.41) is 0. The zero-order valence-corrected chi connectivity index (χ0v) is 11.8. The standard InChI is InChI=1S/C13H20BrNO/c1-11(2)16-9-8-15(3)10-12-4-6-13(14)7-5-12/h4-7,11H,8-10H2,1-3H3. The average Bonchev–Trinajstić information content (AvgIpc) is 2.21. The third-order valence-electron chi connectivity index (χ3n) is 2.29. The molecule has 0 atom stereocenters. The van der Waals surface area contributed by atoms with Crippen molar-refractivity contribution in [2.45, 2.75) is 26.5 Å². The number of nitrogens with zero attached hydrogens (tertiary/aromatic N) is 1. The van der Waals surface area contributed by atoms with Crippen LogP contribution >= 0.6 is 15.9 Å². The molecule has 1 aromatic carbocycles. The summed E-state index contributed by atoms with van der Waals surface area (Å²) in [5.74, 6) is 0. The van der Waals surface area contributed by atoms with Crippen LogP contribution in [0.15, 0.2) is 28.7 Å². The van der Waals surface area contributed by atoms with Crippen LogP contribution in [-0.2, 0) is 11.3 Å². The van der Waals surface area contributed by atoms with E-state index in [0.717, 1.165) is 24.2 Å². The Morgan fingerprint density at radius 1 is 1.25 bits per heavy atom. The van der Waals surface area contributed by atoms with Crippen LogP contribution in [0.2, 0.25) is 0 Å². The molecule has 0 N–H and O–H groups in total.